The molecule has 8 heteroatoms. The van der Waals surface area contributed by atoms with Crippen LogP contribution < -0.4 is 0 Å². The second kappa shape index (κ2) is 20.7. The van der Waals surface area contributed by atoms with Gasteiger partial charge in [-0.05, 0) is 69.0 Å². The maximum atomic E-state index is 10.5. The molecule has 0 radical (unpaired) electrons. The summed E-state index contributed by atoms with van der Waals surface area (Å²) in [4.78, 5) is 10.9. The van der Waals surface area contributed by atoms with Gasteiger partial charge in [-0.3, -0.25) is 24.2 Å². The van der Waals surface area contributed by atoms with Crippen LogP contribution in [0.25, 0.3) is 0 Å². The van der Waals surface area contributed by atoms with E-state index in [0.717, 1.165) is 57.9 Å². The molecule has 0 amide bonds. The Bertz CT molecular complexity index is 1720. The number of benzene rings is 5. The van der Waals surface area contributed by atoms with Crippen molar-refractivity contribution in [2.75, 3.05) is 26.2 Å². The maximum Gasteiger partial charge on any atom is 0.294 e. The summed E-state index contributed by atoms with van der Waals surface area (Å²) in [5.41, 5.74) is 6.51. The largest absolute Gasteiger partial charge is 0.294 e. The minimum atomic E-state index is -4.02. The average Bonchev–Trinajstić information content (AvgIpc) is 3.18. The molecule has 1 heterocycles. The second-order valence-corrected chi connectivity index (χ2v) is 16.8. The highest BCUT2D eigenvalue weighted by molar-refractivity contribution is 7.85. The Morgan fingerprint density at radius 1 is 0.436 bits per heavy atom. The van der Waals surface area contributed by atoms with E-state index in [1.807, 2.05) is 6.92 Å². The zero-order valence-corrected chi connectivity index (χ0v) is 34.1. The minimum Gasteiger partial charge on any atom is -0.294 e. The number of hydrogen-bond donors (Lipinski definition) is 1. The van der Waals surface area contributed by atoms with E-state index in [4.69, 9.17) is 4.55 Å². The molecule has 0 spiro atoms. The van der Waals surface area contributed by atoms with Crippen molar-refractivity contribution in [2.45, 2.75) is 89.9 Å². The highest BCUT2D eigenvalue weighted by Gasteiger charge is 2.30. The van der Waals surface area contributed by atoms with E-state index in [0.29, 0.717) is 24.2 Å². The molecule has 0 unspecified atom stereocenters. The molecule has 1 saturated heterocycles. The van der Waals surface area contributed by atoms with Crippen LogP contribution in [0.4, 0.5) is 0 Å². The van der Waals surface area contributed by atoms with E-state index in [9.17, 15) is 8.42 Å². The standard InChI is InChI=1S/C40H52N4.C7H8O3S/c1-33-25-42(30-38-19-11-6-12-20-38)35(3)27-44(32-40-23-15-8-16-24-40)36(4)28-43(31-39-21-13-7-14-22-39)34(2)26-41(33)29-37-17-9-5-10-18-37;1-6-2-4-7(5-3-6)11(8,9)10/h5-24,33-36H,25-32H2,1-4H3;2-5H,1H3,(H,8,9,10)/t33-,34-,35-,36-;/m0./s1. The lowest BCUT2D eigenvalue weighted by Crippen LogP contribution is -2.55. The van der Waals surface area contributed by atoms with Crippen LogP contribution in [0.3, 0.4) is 0 Å². The van der Waals surface area contributed by atoms with Gasteiger partial charge in [0.15, 0.2) is 0 Å². The van der Waals surface area contributed by atoms with Gasteiger partial charge >= 0.3 is 0 Å². The smallest absolute Gasteiger partial charge is 0.294 e. The van der Waals surface area contributed by atoms with Crippen LogP contribution in [0.5, 0.6) is 0 Å². The van der Waals surface area contributed by atoms with Crippen molar-refractivity contribution < 1.29 is 13.0 Å². The fourth-order valence-corrected chi connectivity index (χ4v) is 7.88. The molecule has 0 aliphatic carbocycles. The van der Waals surface area contributed by atoms with Crippen molar-refractivity contribution in [1.29, 1.82) is 0 Å². The van der Waals surface area contributed by atoms with Gasteiger partial charge in [-0.1, -0.05) is 139 Å². The van der Waals surface area contributed by atoms with Crippen LogP contribution in [0.1, 0.15) is 55.5 Å². The van der Waals surface area contributed by atoms with Crippen LogP contribution in [0, 0.1) is 6.92 Å². The zero-order valence-electron chi connectivity index (χ0n) is 33.3. The lowest BCUT2D eigenvalue weighted by molar-refractivity contribution is 0.0328. The molecule has 1 aliphatic heterocycles. The van der Waals surface area contributed by atoms with E-state index < -0.39 is 10.1 Å². The summed E-state index contributed by atoms with van der Waals surface area (Å²) in [5, 5.41) is 0. The van der Waals surface area contributed by atoms with E-state index in [1.165, 1.54) is 34.4 Å². The summed E-state index contributed by atoms with van der Waals surface area (Å²) in [5.74, 6) is 0. The molecule has 1 N–H and O–H groups in total. The topological polar surface area (TPSA) is 67.3 Å². The van der Waals surface area contributed by atoms with Crippen molar-refractivity contribution in [3.05, 3.63) is 173 Å². The molecular weight excluding hydrogens is 701 g/mol. The predicted octanol–water partition coefficient (Wildman–Crippen LogP) is 8.80. The predicted molar refractivity (Wildman–Crippen MR) is 226 cm³/mol. The average molecular weight is 761 g/mol. The van der Waals surface area contributed by atoms with Crippen molar-refractivity contribution in [1.82, 2.24) is 19.6 Å². The van der Waals surface area contributed by atoms with Crippen molar-refractivity contribution in [3.8, 4) is 0 Å². The van der Waals surface area contributed by atoms with Gasteiger partial charge in [-0.15, -0.1) is 0 Å². The Balaban J connectivity index is 0.000000454. The van der Waals surface area contributed by atoms with Crippen LogP contribution in [-0.4, -0.2) is 82.9 Å². The van der Waals surface area contributed by atoms with Gasteiger partial charge < -0.3 is 0 Å². The molecule has 6 rings (SSSR count). The molecule has 292 valence electrons. The first-order valence-corrected chi connectivity index (χ1v) is 21.0. The van der Waals surface area contributed by atoms with Gasteiger partial charge in [0.1, 0.15) is 0 Å². The van der Waals surface area contributed by atoms with Crippen molar-refractivity contribution >= 4 is 10.1 Å². The summed E-state index contributed by atoms with van der Waals surface area (Å²) in [6.07, 6.45) is 0. The molecular formula is C47H60N4O3S. The van der Waals surface area contributed by atoms with E-state index >= 15 is 0 Å². The summed E-state index contributed by atoms with van der Waals surface area (Å²) in [6.45, 7) is 19.6. The molecule has 5 aromatic rings. The van der Waals surface area contributed by atoms with Crippen LogP contribution >= 0.6 is 0 Å². The molecule has 1 fully saturated rings. The van der Waals surface area contributed by atoms with E-state index in [-0.39, 0.29) is 4.90 Å². The number of nitrogens with zero attached hydrogens (tertiary/aromatic N) is 4. The Labute approximate surface area is 331 Å². The second-order valence-electron chi connectivity index (χ2n) is 15.3. The Morgan fingerprint density at radius 2 is 0.673 bits per heavy atom. The highest BCUT2D eigenvalue weighted by Crippen LogP contribution is 2.22. The Hall–Kier alpha value is -4.15. The summed E-state index contributed by atoms with van der Waals surface area (Å²) < 4.78 is 29.6. The van der Waals surface area contributed by atoms with Crippen LogP contribution in [0.15, 0.2) is 150 Å². The van der Waals surface area contributed by atoms with Gasteiger partial charge in [-0.25, -0.2) is 0 Å². The third kappa shape index (κ3) is 13.5. The fraction of sp³-hybridized carbons (Fsp3) is 0.362. The van der Waals surface area contributed by atoms with Crippen molar-refractivity contribution in [3.63, 3.8) is 0 Å². The quantitative estimate of drug-likeness (QED) is 0.151. The Kier molecular flexibility index (Phi) is 15.8. The van der Waals surface area contributed by atoms with Crippen LogP contribution in [0.2, 0.25) is 0 Å². The summed E-state index contributed by atoms with van der Waals surface area (Å²) in [7, 11) is -4.02. The maximum absolute atomic E-state index is 10.5. The van der Waals surface area contributed by atoms with Gasteiger partial charge in [0, 0.05) is 76.5 Å². The molecule has 0 saturated carbocycles. The van der Waals surface area contributed by atoms with Gasteiger partial charge in [0.2, 0.25) is 0 Å². The number of aryl methyl sites for hydroxylation is 1. The molecule has 0 aromatic heterocycles. The summed E-state index contributed by atoms with van der Waals surface area (Å²) >= 11 is 0. The Morgan fingerprint density at radius 3 is 0.891 bits per heavy atom. The molecule has 7 nitrogen and oxygen atoms in total. The zero-order chi connectivity index (χ0) is 39.2. The number of rotatable bonds is 9. The van der Waals surface area contributed by atoms with Gasteiger partial charge in [0.05, 0.1) is 4.90 Å². The third-order valence-corrected chi connectivity index (χ3v) is 11.6. The molecule has 0 bridgehead atoms. The molecule has 1 aliphatic rings. The first-order valence-electron chi connectivity index (χ1n) is 19.6. The highest BCUT2D eigenvalue weighted by atomic mass is 32.2. The SMILES string of the molecule is C[C@H]1CN(Cc2ccccc2)[C@@H](C)CN(Cc2ccccc2)[C@@H](C)CN(Cc2ccccc2)[C@@H](C)CN1Cc1ccccc1.Cc1ccc(S(=O)(=O)O)cc1. The fourth-order valence-electron chi connectivity index (χ4n) is 7.40. The lowest BCUT2D eigenvalue weighted by Gasteiger charge is -2.44. The van der Waals surface area contributed by atoms with Gasteiger partial charge in [0.25, 0.3) is 10.1 Å². The number of hydrogen-bond acceptors (Lipinski definition) is 6. The monoisotopic (exact) mass is 760 g/mol. The first-order chi connectivity index (χ1) is 26.4. The van der Waals surface area contributed by atoms with Crippen molar-refractivity contribution in [2.24, 2.45) is 0 Å². The van der Waals surface area contributed by atoms with Gasteiger partial charge in [-0.2, -0.15) is 8.42 Å². The van der Waals surface area contributed by atoms with E-state index in [1.54, 1.807) is 12.1 Å². The first kappa shape index (κ1) is 42.0. The third-order valence-electron chi connectivity index (χ3n) is 10.7. The van der Waals surface area contributed by atoms with E-state index in [2.05, 4.69) is 169 Å². The summed E-state index contributed by atoms with van der Waals surface area (Å²) in [6, 6.07) is 51.8. The minimum absolute atomic E-state index is 0.0666. The normalized spacial score (nSPS) is 21.1. The van der Waals surface area contributed by atoms with Crippen LogP contribution in [-0.2, 0) is 36.3 Å². The molecule has 55 heavy (non-hydrogen) atoms. The molecule has 5 aromatic carbocycles. The molecule has 4 atom stereocenters. The lowest BCUT2D eigenvalue weighted by atomic mass is 10.1.